The third kappa shape index (κ3) is 4.65. The molecule has 2 nitrogen and oxygen atoms in total. The van der Waals surface area contributed by atoms with E-state index < -0.39 is 0 Å². The van der Waals surface area contributed by atoms with Crippen LogP contribution in [0.15, 0.2) is 103 Å². The number of aromatic nitrogens is 2. The van der Waals surface area contributed by atoms with Gasteiger partial charge in [0.2, 0.25) is 0 Å². The topological polar surface area (TPSA) is 17.8 Å². The number of rotatable bonds is 5. The van der Waals surface area contributed by atoms with Crippen molar-refractivity contribution < 1.29 is 24.5 Å². The SMILES string of the molecule is CC(C)c1cc(-c2ccccc2)c(-n2ccnc2-c2[c-]cc(F)cc2)c(-c2ccccc2)c1.[Ir]. The van der Waals surface area contributed by atoms with Crippen LogP contribution in [0.1, 0.15) is 25.3 Å². The van der Waals surface area contributed by atoms with Gasteiger partial charge in [0, 0.05) is 49.4 Å². The Bertz CT molecular complexity index is 1310. The summed E-state index contributed by atoms with van der Waals surface area (Å²) in [7, 11) is 0. The molecular weight excluding hydrogens is 600 g/mol. The van der Waals surface area contributed by atoms with Crippen molar-refractivity contribution in [2.24, 2.45) is 0 Å². The van der Waals surface area contributed by atoms with Crippen molar-refractivity contribution in [3.63, 3.8) is 0 Å². The molecule has 0 saturated heterocycles. The third-order valence-electron chi connectivity index (χ3n) is 5.87. The van der Waals surface area contributed by atoms with Gasteiger partial charge in [-0.3, -0.25) is 9.37 Å². The first-order valence-corrected chi connectivity index (χ1v) is 11.1. The molecule has 0 amide bonds. The molecule has 34 heavy (non-hydrogen) atoms. The van der Waals surface area contributed by atoms with E-state index in [4.69, 9.17) is 0 Å². The van der Waals surface area contributed by atoms with Crippen molar-refractivity contribution in [1.29, 1.82) is 0 Å². The Hall–Kier alpha value is -3.33. The molecule has 1 heterocycles. The number of hydrogen-bond donors (Lipinski definition) is 0. The minimum Gasteiger partial charge on any atom is -0.339 e. The van der Waals surface area contributed by atoms with Crippen LogP contribution in [0.4, 0.5) is 4.39 Å². The van der Waals surface area contributed by atoms with Crippen molar-refractivity contribution in [2.75, 3.05) is 0 Å². The number of hydrogen-bond acceptors (Lipinski definition) is 1. The predicted octanol–water partition coefficient (Wildman–Crippen LogP) is 7.93. The van der Waals surface area contributed by atoms with Crippen LogP contribution in [0, 0.1) is 11.9 Å². The minimum atomic E-state index is -0.312. The van der Waals surface area contributed by atoms with Crippen LogP contribution < -0.4 is 0 Å². The van der Waals surface area contributed by atoms with Crippen LogP contribution in [0.3, 0.4) is 0 Å². The first kappa shape index (κ1) is 23.8. The van der Waals surface area contributed by atoms with Crippen molar-refractivity contribution in [3.05, 3.63) is 121 Å². The van der Waals surface area contributed by atoms with E-state index in [1.165, 1.54) is 17.7 Å². The normalized spacial score (nSPS) is 10.8. The van der Waals surface area contributed by atoms with E-state index >= 15 is 0 Å². The van der Waals surface area contributed by atoms with Gasteiger partial charge in [-0.25, -0.2) is 0 Å². The Morgan fingerprint density at radius 2 is 1.41 bits per heavy atom. The van der Waals surface area contributed by atoms with Gasteiger partial charge in [0.15, 0.2) is 0 Å². The molecule has 0 bridgehead atoms. The maximum Gasteiger partial charge on any atom is 0.0603 e. The molecule has 0 N–H and O–H groups in total. The average molecular weight is 624 g/mol. The Kier molecular flexibility index (Phi) is 7.21. The predicted molar refractivity (Wildman–Crippen MR) is 133 cm³/mol. The first-order chi connectivity index (χ1) is 16.1. The number of benzene rings is 4. The monoisotopic (exact) mass is 624 g/mol. The zero-order chi connectivity index (χ0) is 22.8. The van der Waals surface area contributed by atoms with Gasteiger partial charge < -0.3 is 4.57 Å². The molecule has 1 aromatic heterocycles. The van der Waals surface area contributed by atoms with Crippen molar-refractivity contribution in [1.82, 2.24) is 9.55 Å². The molecule has 4 aromatic carbocycles. The van der Waals surface area contributed by atoms with E-state index in [0.717, 1.165) is 39.3 Å². The zero-order valence-corrected chi connectivity index (χ0v) is 21.4. The fourth-order valence-electron chi connectivity index (χ4n) is 4.15. The fraction of sp³-hybridized carbons (Fsp3) is 0.100. The average Bonchev–Trinajstić information content (AvgIpc) is 3.34. The summed E-state index contributed by atoms with van der Waals surface area (Å²) in [5.74, 6) is 0.784. The second-order valence-electron chi connectivity index (χ2n) is 8.39. The summed E-state index contributed by atoms with van der Waals surface area (Å²) < 4.78 is 15.7. The third-order valence-corrected chi connectivity index (χ3v) is 5.87. The molecule has 0 spiro atoms. The first-order valence-electron chi connectivity index (χ1n) is 11.1. The Labute approximate surface area is 213 Å². The van der Waals surface area contributed by atoms with E-state index in [-0.39, 0.29) is 25.9 Å². The van der Waals surface area contributed by atoms with E-state index in [1.54, 1.807) is 12.3 Å². The van der Waals surface area contributed by atoms with Crippen LogP contribution in [0.5, 0.6) is 0 Å². The second-order valence-corrected chi connectivity index (χ2v) is 8.39. The summed E-state index contributed by atoms with van der Waals surface area (Å²) in [6.07, 6.45) is 3.75. The number of imidazole rings is 1. The number of halogens is 1. The van der Waals surface area contributed by atoms with E-state index in [1.807, 2.05) is 18.3 Å². The van der Waals surface area contributed by atoms with Crippen molar-refractivity contribution >= 4 is 0 Å². The van der Waals surface area contributed by atoms with Gasteiger partial charge in [-0.2, -0.15) is 0 Å². The Balaban J connectivity index is 0.00000274. The molecule has 0 saturated carbocycles. The Morgan fingerprint density at radius 3 is 1.91 bits per heavy atom. The summed E-state index contributed by atoms with van der Waals surface area (Å²) in [5, 5.41) is 0. The summed E-state index contributed by atoms with van der Waals surface area (Å²) in [6, 6.07) is 33.0. The Morgan fingerprint density at radius 1 is 0.824 bits per heavy atom. The minimum absolute atomic E-state index is 0. The van der Waals surface area contributed by atoms with E-state index in [2.05, 4.69) is 90.1 Å². The largest absolute Gasteiger partial charge is 0.339 e. The van der Waals surface area contributed by atoms with Gasteiger partial charge in [0.05, 0.1) is 11.5 Å². The van der Waals surface area contributed by atoms with Gasteiger partial charge >= 0.3 is 0 Å². The molecule has 0 aliphatic carbocycles. The van der Waals surface area contributed by atoms with Crippen LogP contribution in [0.2, 0.25) is 0 Å². The molecule has 1 radical (unpaired) electrons. The summed E-state index contributed by atoms with van der Waals surface area (Å²) >= 11 is 0. The summed E-state index contributed by atoms with van der Waals surface area (Å²) in [6.45, 7) is 4.43. The van der Waals surface area contributed by atoms with Crippen LogP contribution in [-0.4, -0.2) is 9.55 Å². The van der Waals surface area contributed by atoms with Crippen LogP contribution in [-0.2, 0) is 20.1 Å². The van der Waals surface area contributed by atoms with Gasteiger partial charge in [0.25, 0.3) is 0 Å². The maximum atomic E-state index is 13.6. The van der Waals surface area contributed by atoms with Crippen LogP contribution >= 0.6 is 0 Å². The molecule has 0 atom stereocenters. The molecule has 5 aromatic rings. The second kappa shape index (κ2) is 10.3. The van der Waals surface area contributed by atoms with Gasteiger partial charge in [-0.1, -0.05) is 74.5 Å². The quantitative estimate of drug-likeness (QED) is 0.182. The molecule has 4 heteroatoms. The fourth-order valence-corrected chi connectivity index (χ4v) is 4.15. The van der Waals surface area contributed by atoms with Gasteiger partial charge in [-0.05, 0) is 34.7 Å². The van der Waals surface area contributed by atoms with Gasteiger partial charge in [-0.15, -0.1) is 29.8 Å². The number of nitrogens with zero attached hydrogens (tertiary/aromatic N) is 2. The van der Waals surface area contributed by atoms with Crippen molar-refractivity contribution in [3.8, 4) is 39.3 Å². The molecule has 0 unspecified atom stereocenters. The van der Waals surface area contributed by atoms with E-state index in [9.17, 15) is 4.39 Å². The molecule has 5 rings (SSSR count). The molecule has 0 aliphatic heterocycles. The molecule has 171 valence electrons. The standard InChI is InChI=1S/C30H24FN2.Ir/c1-21(2)25-19-27(22-9-5-3-6-10-22)29(28(20-25)23-11-7-4-8-12-23)33-18-17-32-30(33)24-13-15-26(31)16-14-24;/h3-13,15-21H,1-2H3;/q-1;. The molecular formula is C30H24FIrN2-. The molecule has 0 aliphatic rings. The summed E-state index contributed by atoms with van der Waals surface area (Å²) in [5.41, 5.74) is 7.58. The van der Waals surface area contributed by atoms with E-state index in [0.29, 0.717) is 5.92 Å². The smallest absolute Gasteiger partial charge is 0.0603 e. The summed E-state index contributed by atoms with van der Waals surface area (Å²) in [4.78, 5) is 4.63. The molecule has 0 fully saturated rings. The maximum absolute atomic E-state index is 13.6. The van der Waals surface area contributed by atoms with Crippen LogP contribution in [0.25, 0.3) is 39.3 Å². The van der Waals surface area contributed by atoms with Gasteiger partial charge in [0.1, 0.15) is 0 Å². The zero-order valence-electron chi connectivity index (χ0n) is 19.0. The van der Waals surface area contributed by atoms with Crippen molar-refractivity contribution in [2.45, 2.75) is 19.8 Å².